The lowest BCUT2D eigenvalue weighted by atomic mass is 9.85. The van der Waals surface area contributed by atoms with Crippen LogP contribution in [-0.2, 0) is 12.0 Å². The Morgan fingerprint density at radius 3 is 2.45 bits per heavy atom. The van der Waals surface area contributed by atoms with Gasteiger partial charge in [0.15, 0.2) is 0 Å². The highest BCUT2D eigenvalue weighted by Gasteiger charge is 2.29. The van der Waals surface area contributed by atoms with Gasteiger partial charge in [-0.15, -0.1) is 0 Å². The lowest BCUT2D eigenvalue weighted by Gasteiger charge is -2.27. The number of hydrogen-bond acceptors (Lipinski definition) is 1. The molecule has 4 heteroatoms. The van der Waals surface area contributed by atoms with Gasteiger partial charge in [-0.2, -0.15) is 0 Å². The fraction of sp³-hybridized carbons (Fsp3) is 0.250. The molecule has 0 bridgehead atoms. The van der Waals surface area contributed by atoms with Crippen LogP contribution in [0.4, 0.5) is 13.2 Å². The molecular formula is C16H16F3N. The van der Waals surface area contributed by atoms with Crippen LogP contribution in [0.2, 0.25) is 0 Å². The second kappa shape index (κ2) is 5.29. The van der Waals surface area contributed by atoms with Crippen LogP contribution >= 0.6 is 0 Å². The molecule has 0 aliphatic rings. The molecule has 0 saturated heterocycles. The maximum atomic E-state index is 14.1. The summed E-state index contributed by atoms with van der Waals surface area (Å²) in [7, 11) is 0. The van der Waals surface area contributed by atoms with Crippen molar-refractivity contribution in [1.82, 2.24) is 0 Å². The van der Waals surface area contributed by atoms with Gasteiger partial charge >= 0.3 is 0 Å². The lowest BCUT2D eigenvalue weighted by molar-refractivity contribution is 0.422. The smallest absolute Gasteiger partial charge is 0.134 e. The van der Waals surface area contributed by atoms with Gasteiger partial charge in [0.25, 0.3) is 0 Å². The van der Waals surface area contributed by atoms with E-state index in [2.05, 4.69) is 0 Å². The highest BCUT2D eigenvalue weighted by Crippen LogP contribution is 2.29. The van der Waals surface area contributed by atoms with E-state index in [1.54, 1.807) is 26.0 Å². The van der Waals surface area contributed by atoms with E-state index in [9.17, 15) is 13.2 Å². The maximum absolute atomic E-state index is 14.1. The van der Waals surface area contributed by atoms with Gasteiger partial charge in [-0.3, -0.25) is 0 Å². The first-order chi connectivity index (χ1) is 9.31. The Morgan fingerprint density at radius 2 is 1.80 bits per heavy atom. The predicted octanol–water partition coefficient (Wildman–Crippen LogP) is 3.83. The van der Waals surface area contributed by atoms with Crippen LogP contribution in [0, 0.1) is 24.4 Å². The van der Waals surface area contributed by atoms with E-state index in [1.165, 1.54) is 24.3 Å². The summed E-state index contributed by atoms with van der Waals surface area (Å²) >= 11 is 0. The maximum Gasteiger partial charge on any atom is 0.134 e. The first-order valence-corrected chi connectivity index (χ1v) is 6.29. The minimum atomic E-state index is -1.26. The van der Waals surface area contributed by atoms with Gasteiger partial charge < -0.3 is 5.73 Å². The van der Waals surface area contributed by atoms with Gasteiger partial charge in [0, 0.05) is 11.1 Å². The van der Waals surface area contributed by atoms with E-state index in [0.29, 0.717) is 11.1 Å². The molecular weight excluding hydrogens is 263 g/mol. The summed E-state index contributed by atoms with van der Waals surface area (Å²) in [5, 5.41) is 0. The molecule has 2 aromatic carbocycles. The van der Waals surface area contributed by atoms with Crippen molar-refractivity contribution in [3.05, 3.63) is 70.5 Å². The van der Waals surface area contributed by atoms with Gasteiger partial charge in [-0.1, -0.05) is 18.2 Å². The van der Waals surface area contributed by atoms with Crippen LogP contribution in [0.1, 0.15) is 23.6 Å². The van der Waals surface area contributed by atoms with E-state index >= 15 is 0 Å². The first kappa shape index (κ1) is 14.6. The van der Waals surface area contributed by atoms with Crippen molar-refractivity contribution in [3.8, 4) is 0 Å². The van der Waals surface area contributed by atoms with Gasteiger partial charge in [-0.25, -0.2) is 13.2 Å². The van der Waals surface area contributed by atoms with Crippen LogP contribution in [0.25, 0.3) is 0 Å². The topological polar surface area (TPSA) is 26.0 Å². The molecule has 0 fully saturated rings. The molecule has 0 aliphatic carbocycles. The monoisotopic (exact) mass is 279 g/mol. The summed E-state index contributed by atoms with van der Waals surface area (Å²) in [6.07, 6.45) is 0.141. The predicted molar refractivity (Wildman–Crippen MR) is 72.7 cm³/mol. The van der Waals surface area contributed by atoms with Gasteiger partial charge in [0.1, 0.15) is 17.5 Å². The SMILES string of the molecule is Cc1ccc(F)c(C(C)(N)Cc2cccc(F)c2)c1F. The molecule has 2 rings (SSSR count). The molecule has 2 N–H and O–H groups in total. The summed E-state index contributed by atoms with van der Waals surface area (Å²) in [5.74, 6) is -1.73. The van der Waals surface area contributed by atoms with Crippen LogP contribution in [0.5, 0.6) is 0 Å². The fourth-order valence-electron chi connectivity index (χ4n) is 2.34. The minimum absolute atomic E-state index is 0.141. The summed E-state index contributed by atoms with van der Waals surface area (Å²) in [6, 6.07) is 8.42. The Morgan fingerprint density at radius 1 is 1.10 bits per heavy atom. The summed E-state index contributed by atoms with van der Waals surface area (Å²) in [5.41, 5.74) is 5.59. The minimum Gasteiger partial charge on any atom is -0.321 e. The first-order valence-electron chi connectivity index (χ1n) is 6.29. The van der Waals surface area contributed by atoms with Crippen LogP contribution in [-0.4, -0.2) is 0 Å². The van der Waals surface area contributed by atoms with E-state index in [-0.39, 0.29) is 12.0 Å². The number of nitrogens with two attached hydrogens (primary N) is 1. The average Bonchev–Trinajstić information content (AvgIpc) is 2.33. The number of halogens is 3. The normalized spacial score (nSPS) is 14.1. The van der Waals surface area contributed by atoms with Crippen LogP contribution in [0.3, 0.4) is 0 Å². The molecule has 1 unspecified atom stereocenters. The second-order valence-corrected chi connectivity index (χ2v) is 5.28. The standard InChI is InChI=1S/C16H16F3N/c1-10-6-7-13(18)14(15(10)19)16(2,20)9-11-4-3-5-12(17)8-11/h3-8H,9,20H2,1-2H3. The third-order valence-corrected chi connectivity index (χ3v) is 3.32. The third-order valence-electron chi connectivity index (χ3n) is 3.32. The zero-order valence-corrected chi connectivity index (χ0v) is 11.4. The number of hydrogen-bond donors (Lipinski definition) is 1. The Balaban J connectivity index is 2.43. The molecule has 1 atom stereocenters. The quantitative estimate of drug-likeness (QED) is 0.908. The molecule has 0 heterocycles. The van der Waals surface area contributed by atoms with Crippen molar-refractivity contribution in [2.45, 2.75) is 25.8 Å². The van der Waals surface area contributed by atoms with Crippen LogP contribution < -0.4 is 5.73 Å². The molecule has 1 nitrogen and oxygen atoms in total. The molecule has 0 aromatic heterocycles. The van der Waals surface area contributed by atoms with Crippen molar-refractivity contribution >= 4 is 0 Å². The van der Waals surface area contributed by atoms with Crippen molar-refractivity contribution < 1.29 is 13.2 Å². The van der Waals surface area contributed by atoms with Crippen LogP contribution in [0.15, 0.2) is 36.4 Å². The molecule has 0 saturated carbocycles. The third kappa shape index (κ3) is 2.85. The van der Waals surface area contributed by atoms with Gasteiger partial charge in [0.2, 0.25) is 0 Å². The van der Waals surface area contributed by atoms with E-state index in [0.717, 1.165) is 0 Å². The highest BCUT2D eigenvalue weighted by atomic mass is 19.1. The number of aryl methyl sites for hydroxylation is 1. The van der Waals surface area contributed by atoms with E-state index in [4.69, 9.17) is 5.73 Å². The Kier molecular flexibility index (Phi) is 3.86. The average molecular weight is 279 g/mol. The lowest BCUT2D eigenvalue weighted by Crippen LogP contribution is -2.37. The molecule has 2 aromatic rings. The summed E-state index contributed by atoms with van der Waals surface area (Å²) < 4.78 is 41.2. The van der Waals surface area contributed by atoms with Crippen molar-refractivity contribution in [2.24, 2.45) is 5.73 Å². The molecule has 0 aliphatic heterocycles. The van der Waals surface area contributed by atoms with E-state index in [1.807, 2.05) is 0 Å². The second-order valence-electron chi connectivity index (χ2n) is 5.28. The number of benzene rings is 2. The molecule has 0 amide bonds. The van der Waals surface area contributed by atoms with Crippen molar-refractivity contribution in [2.75, 3.05) is 0 Å². The van der Waals surface area contributed by atoms with Crippen molar-refractivity contribution in [1.29, 1.82) is 0 Å². The van der Waals surface area contributed by atoms with Gasteiger partial charge in [-0.05, 0) is 49.6 Å². The highest BCUT2D eigenvalue weighted by molar-refractivity contribution is 5.34. The Hall–Kier alpha value is -1.81. The Labute approximate surface area is 116 Å². The largest absolute Gasteiger partial charge is 0.321 e. The summed E-state index contributed by atoms with van der Waals surface area (Å²) in [6.45, 7) is 3.09. The van der Waals surface area contributed by atoms with E-state index < -0.39 is 23.0 Å². The molecule has 0 spiro atoms. The molecule has 106 valence electrons. The molecule has 20 heavy (non-hydrogen) atoms. The zero-order valence-electron chi connectivity index (χ0n) is 11.4. The van der Waals surface area contributed by atoms with Gasteiger partial charge in [0.05, 0.1) is 0 Å². The fourth-order valence-corrected chi connectivity index (χ4v) is 2.34. The summed E-state index contributed by atoms with van der Waals surface area (Å²) in [4.78, 5) is 0. The number of rotatable bonds is 3. The van der Waals surface area contributed by atoms with Crippen molar-refractivity contribution in [3.63, 3.8) is 0 Å². The zero-order chi connectivity index (χ0) is 14.9. The Bertz CT molecular complexity index is 636. The molecule has 0 radical (unpaired) electrons.